The van der Waals surface area contributed by atoms with Gasteiger partial charge in [0.05, 0.1) is 28.6 Å². The Balaban J connectivity index is 1.26. The predicted octanol–water partition coefficient (Wildman–Crippen LogP) is 6.35. The number of nitrogens with zero attached hydrogens (tertiary/aromatic N) is 5. The van der Waals surface area contributed by atoms with Crippen LogP contribution in [0, 0.1) is 5.92 Å². The first-order valence-corrected chi connectivity index (χ1v) is 12.4. The first kappa shape index (κ1) is 21.4. The molecule has 1 saturated carbocycles. The van der Waals surface area contributed by atoms with E-state index in [0.29, 0.717) is 17.4 Å². The minimum atomic E-state index is 0.560. The molecule has 180 valence electrons. The number of imidazole rings is 1. The van der Waals surface area contributed by atoms with Gasteiger partial charge >= 0.3 is 0 Å². The van der Waals surface area contributed by atoms with Gasteiger partial charge in [0.15, 0.2) is 11.5 Å². The molecule has 0 amide bonds. The van der Waals surface area contributed by atoms with Crippen molar-refractivity contribution in [2.45, 2.75) is 19.3 Å². The summed E-state index contributed by atoms with van der Waals surface area (Å²) in [5, 5.41) is 12.1. The second-order valence-corrected chi connectivity index (χ2v) is 9.43. The number of pyridine rings is 3. The third kappa shape index (κ3) is 3.83. The van der Waals surface area contributed by atoms with Gasteiger partial charge in [-0.2, -0.15) is 5.10 Å². The van der Waals surface area contributed by atoms with Crippen LogP contribution in [-0.4, -0.2) is 35.1 Å². The average molecular weight is 485 g/mol. The van der Waals surface area contributed by atoms with Crippen LogP contribution < -0.4 is 5.32 Å². The van der Waals surface area contributed by atoms with Gasteiger partial charge in [-0.15, -0.1) is 0 Å². The zero-order valence-corrected chi connectivity index (χ0v) is 20.1. The summed E-state index contributed by atoms with van der Waals surface area (Å²) in [5.41, 5.74) is 9.02. The van der Waals surface area contributed by atoms with Crippen molar-refractivity contribution in [1.82, 2.24) is 35.1 Å². The van der Waals surface area contributed by atoms with Crippen molar-refractivity contribution in [3.8, 4) is 33.9 Å². The molecule has 6 aromatic rings. The highest BCUT2D eigenvalue weighted by Crippen LogP contribution is 2.34. The van der Waals surface area contributed by atoms with Gasteiger partial charge in [-0.25, -0.2) is 9.97 Å². The molecular weight excluding hydrogens is 460 g/mol. The number of anilines is 1. The summed E-state index contributed by atoms with van der Waals surface area (Å²) < 4.78 is 0. The number of aromatic nitrogens is 7. The van der Waals surface area contributed by atoms with E-state index in [0.717, 1.165) is 55.9 Å². The van der Waals surface area contributed by atoms with E-state index in [9.17, 15) is 0 Å². The van der Waals surface area contributed by atoms with Gasteiger partial charge in [0, 0.05) is 40.8 Å². The fourth-order valence-electron chi connectivity index (χ4n) is 4.84. The molecule has 5 heterocycles. The van der Waals surface area contributed by atoms with Crippen LogP contribution in [0.3, 0.4) is 0 Å². The lowest BCUT2D eigenvalue weighted by Crippen LogP contribution is -2.18. The quantitative estimate of drug-likeness (QED) is 0.254. The highest BCUT2D eigenvalue weighted by molar-refractivity contribution is 5.97. The second-order valence-electron chi connectivity index (χ2n) is 9.43. The molecule has 1 aliphatic carbocycles. The fourth-order valence-corrected chi connectivity index (χ4v) is 4.84. The van der Waals surface area contributed by atoms with Crippen LogP contribution in [0.5, 0.6) is 0 Å². The number of hydrogen-bond acceptors (Lipinski definition) is 6. The molecule has 8 nitrogen and oxygen atoms in total. The van der Waals surface area contributed by atoms with Crippen molar-refractivity contribution < 1.29 is 0 Å². The molecule has 0 bridgehead atoms. The Hall–Kier alpha value is -4.85. The second kappa shape index (κ2) is 8.67. The van der Waals surface area contributed by atoms with Crippen molar-refractivity contribution >= 4 is 27.8 Å². The van der Waals surface area contributed by atoms with Crippen LogP contribution in [0.25, 0.3) is 56.0 Å². The number of hydrogen-bond donors (Lipinski definition) is 3. The van der Waals surface area contributed by atoms with E-state index < -0.39 is 0 Å². The van der Waals surface area contributed by atoms with Gasteiger partial charge in [-0.3, -0.25) is 15.1 Å². The maximum atomic E-state index is 4.76. The fraction of sp³-hybridized carbons (Fsp3) is 0.138. The van der Waals surface area contributed by atoms with Crippen LogP contribution in [0.1, 0.15) is 19.3 Å². The Morgan fingerprint density at radius 3 is 2.76 bits per heavy atom. The van der Waals surface area contributed by atoms with Crippen LogP contribution in [-0.2, 0) is 0 Å². The van der Waals surface area contributed by atoms with Gasteiger partial charge in [-0.1, -0.05) is 25.1 Å². The summed E-state index contributed by atoms with van der Waals surface area (Å²) in [7, 11) is 0. The highest BCUT2D eigenvalue weighted by Gasteiger charge is 2.21. The van der Waals surface area contributed by atoms with E-state index in [1.807, 2.05) is 42.7 Å². The lowest BCUT2D eigenvalue weighted by atomic mass is 9.83. The predicted molar refractivity (Wildman–Crippen MR) is 146 cm³/mol. The molecule has 0 aliphatic heterocycles. The van der Waals surface area contributed by atoms with E-state index in [1.165, 1.54) is 19.3 Å². The van der Waals surface area contributed by atoms with E-state index in [2.05, 4.69) is 60.2 Å². The first-order chi connectivity index (χ1) is 18.2. The lowest BCUT2D eigenvalue weighted by Gasteiger charge is -2.28. The lowest BCUT2D eigenvalue weighted by molar-refractivity contribution is 0.371. The zero-order valence-electron chi connectivity index (χ0n) is 20.1. The Labute approximate surface area is 212 Å². The number of nitrogens with one attached hydrogen (secondary N) is 3. The molecule has 0 saturated heterocycles. The average Bonchev–Trinajstić information content (AvgIpc) is 3.52. The molecule has 37 heavy (non-hydrogen) atoms. The van der Waals surface area contributed by atoms with E-state index in [1.54, 1.807) is 12.4 Å². The molecule has 1 aromatic carbocycles. The molecule has 3 N–H and O–H groups in total. The number of rotatable bonds is 6. The number of aromatic amines is 2. The summed E-state index contributed by atoms with van der Waals surface area (Å²) in [4.78, 5) is 21.6. The van der Waals surface area contributed by atoms with Crippen LogP contribution in [0.4, 0.5) is 5.69 Å². The van der Waals surface area contributed by atoms with Gasteiger partial charge in [0.25, 0.3) is 0 Å². The van der Waals surface area contributed by atoms with Gasteiger partial charge in [0.1, 0.15) is 5.69 Å². The van der Waals surface area contributed by atoms with E-state index in [-0.39, 0.29) is 0 Å². The summed E-state index contributed by atoms with van der Waals surface area (Å²) in [5.74, 6) is 1.21. The molecule has 0 radical (unpaired) electrons. The Morgan fingerprint density at radius 1 is 0.973 bits per heavy atom. The molecular formula is C29H24N8. The zero-order chi connectivity index (χ0) is 24.8. The summed E-state index contributed by atoms with van der Waals surface area (Å²) in [6.45, 7) is 4.23. The summed E-state index contributed by atoms with van der Waals surface area (Å²) >= 11 is 0. The smallest absolute Gasteiger partial charge is 0.178 e. The molecule has 0 atom stereocenters. The molecule has 1 aliphatic rings. The maximum Gasteiger partial charge on any atom is 0.178 e. The van der Waals surface area contributed by atoms with Gasteiger partial charge in [0.2, 0.25) is 0 Å². The van der Waals surface area contributed by atoms with E-state index in [4.69, 9.17) is 4.98 Å². The standard InChI is InChI=1S/C29H24N8/c1-17(18-5-4-6-18)33-21-13-20(15-30-16-21)19-8-9-25-23(14-19)27(37-36-25)29-34-26-22(10-12-32-28(26)35-29)24-7-2-3-11-31-24/h2-3,7-16,18,33H,1,4-6H2,(H,36,37)(H,32,34,35). The van der Waals surface area contributed by atoms with Crippen LogP contribution >= 0.6 is 0 Å². The van der Waals surface area contributed by atoms with Crippen molar-refractivity contribution in [3.63, 3.8) is 0 Å². The number of benzene rings is 1. The monoisotopic (exact) mass is 484 g/mol. The summed E-state index contributed by atoms with van der Waals surface area (Å²) in [6, 6.07) is 16.1. The van der Waals surface area contributed by atoms with Crippen LogP contribution in [0.15, 0.2) is 85.6 Å². The van der Waals surface area contributed by atoms with Crippen molar-refractivity contribution in [2.75, 3.05) is 5.32 Å². The van der Waals surface area contributed by atoms with Crippen molar-refractivity contribution in [1.29, 1.82) is 0 Å². The molecule has 7 rings (SSSR count). The molecule has 0 unspecified atom stereocenters. The third-order valence-electron chi connectivity index (χ3n) is 7.09. The van der Waals surface area contributed by atoms with Crippen molar-refractivity contribution in [2.24, 2.45) is 5.92 Å². The number of H-pyrrole nitrogens is 2. The molecule has 0 spiro atoms. The first-order valence-electron chi connectivity index (χ1n) is 12.4. The normalized spacial score (nSPS) is 13.6. The van der Waals surface area contributed by atoms with Gasteiger partial charge < -0.3 is 10.3 Å². The summed E-state index contributed by atoms with van der Waals surface area (Å²) in [6.07, 6.45) is 11.0. The maximum absolute atomic E-state index is 4.76. The third-order valence-corrected chi connectivity index (χ3v) is 7.09. The minimum Gasteiger partial charge on any atom is -0.358 e. The topological polar surface area (TPSA) is 108 Å². The molecule has 8 heteroatoms. The molecule has 1 fully saturated rings. The Bertz CT molecular complexity index is 1760. The number of fused-ring (bicyclic) bond motifs is 2. The Morgan fingerprint density at radius 2 is 1.92 bits per heavy atom. The Kier molecular flexibility index (Phi) is 5.02. The van der Waals surface area contributed by atoms with Crippen LogP contribution in [0.2, 0.25) is 0 Å². The SMILES string of the molecule is C=C(Nc1cncc(-c2ccc3[nH]nc(-c4nc5nccc(-c6ccccn6)c5[nH]4)c3c2)c1)C1CCC1. The largest absolute Gasteiger partial charge is 0.358 e. The highest BCUT2D eigenvalue weighted by atomic mass is 15.1. The van der Waals surface area contributed by atoms with Crippen molar-refractivity contribution in [3.05, 3.63) is 85.6 Å². The minimum absolute atomic E-state index is 0.560. The molecule has 5 aromatic heterocycles. The number of allylic oxidation sites excluding steroid dienone is 1. The van der Waals surface area contributed by atoms with E-state index >= 15 is 0 Å². The van der Waals surface area contributed by atoms with Gasteiger partial charge in [-0.05, 0) is 60.7 Å².